The predicted molar refractivity (Wildman–Crippen MR) is 103 cm³/mol. The molecule has 0 bridgehead atoms. The fourth-order valence-corrected chi connectivity index (χ4v) is 3.18. The molecular weight excluding hydrogens is 376 g/mol. The number of amides is 2. The lowest BCUT2D eigenvalue weighted by atomic mass is 9.94. The van der Waals surface area contributed by atoms with E-state index in [-0.39, 0.29) is 25.3 Å². The second-order valence-corrected chi connectivity index (χ2v) is 6.76. The Morgan fingerprint density at radius 2 is 1.59 bits per heavy atom. The van der Waals surface area contributed by atoms with Crippen molar-refractivity contribution in [3.8, 4) is 16.9 Å². The van der Waals surface area contributed by atoms with Crippen molar-refractivity contribution in [1.82, 2.24) is 10.2 Å². The number of carbonyl (C=O) groups excluding carboxylic acids is 3. The second kappa shape index (κ2) is 8.55. The van der Waals surface area contributed by atoms with Crippen LogP contribution in [0.15, 0.2) is 48.5 Å². The van der Waals surface area contributed by atoms with E-state index in [2.05, 4.69) is 5.32 Å². The van der Waals surface area contributed by atoms with Gasteiger partial charge in [0.05, 0.1) is 0 Å². The molecule has 150 valence electrons. The molecule has 1 aliphatic rings. The minimum atomic E-state index is -1.50. The maximum Gasteiger partial charge on any atom is 0.322 e. The van der Waals surface area contributed by atoms with Crippen molar-refractivity contribution in [2.75, 3.05) is 13.1 Å². The molecule has 1 heterocycles. The van der Waals surface area contributed by atoms with Crippen LogP contribution >= 0.6 is 0 Å². The molecule has 1 fully saturated rings. The first kappa shape index (κ1) is 20.1. The van der Waals surface area contributed by atoms with E-state index in [9.17, 15) is 24.3 Å². The molecule has 3 N–H and O–H groups in total. The number of aromatic hydroxyl groups is 1. The normalized spacial score (nSPS) is 16.6. The summed E-state index contributed by atoms with van der Waals surface area (Å²) in [5.41, 5.74) is 2.71. The van der Waals surface area contributed by atoms with Crippen molar-refractivity contribution < 1.29 is 29.4 Å². The Morgan fingerprint density at radius 1 is 1.00 bits per heavy atom. The molecule has 8 heteroatoms. The average molecular weight is 396 g/mol. The lowest BCUT2D eigenvalue weighted by Crippen LogP contribution is -2.52. The molecule has 1 aliphatic heterocycles. The Bertz CT molecular complexity index is 937. The van der Waals surface area contributed by atoms with Crippen molar-refractivity contribution in [2.45, 2.75) is 13.0 Å². The minimum Gasteiger partial charge on any atom is -0.508 e. The maximum atomic E-state index is 12.6. The van der Waals surface area contributed by atoms with Crippen LogP contribution in [0.5, 0.6) is 5.75 Å². The summed E-state index contributed by atoms with van der Waals surface area (Å²) in [6.07, 6.45) is 0.0441. The molecule has 2 aromatic rings. The second-order valence-electron chi connectivity index (χ2n) is 6.76. The van der Waals surface area contributed by atoms with Gasteiger partial charge in [0.1, 0.15) is 12.3 Å². The lowest BCUT2D eigenvalue weighted by molar-refractivity contribution is -0.152. The first-order valence-electron chi connectivity index (χ1n) is 9.04. The van der Waals surface area contributed by atoms with Gasteiger partial charge < -0.3 is 20.4 Å². The number of nitrogens with zero attached hydrogens (tertiary/aromatic N) is 1. The van der Waals surface area contributed by atoms with Crippen LogP contribution in [0.2, 0.25) is 0 Å². The lowest BCUT2D eigenvalue weighted by Gasteiger charge is -2.30. The number of phenolic OH excluding ortho intramolecular Hbond substituents is 1. The van der Waals surface area contributed by atoms with Crippen molar-refractivity contribution in [1.29, 1.82) is 0 Å². The SMILES string of the molecule is O=C(O)CNC(=O)C1C(=O)CCN(Cc2ccc(-c3ccc(O)cc3)cc2)C1=O. The number of carboxylic acid groups (broad SMARTS) is 1. The molecule has 2 aromatic carbocycles. The van der Waals surface area contributed by atoms with Gasteiger partial charge in [-0.05, 0) is 28.8 Å². The molecule has 1 atom stereocenters. The maximum absolute atomic E-state index is 12.6. The monoisotopic (exact) mass is 396 g/mol. The predicted octanol–water partition coefficient (Wildman–Crippen LogP) is 1.18. The van der Waals surface area contributed by atoms with E-state index in [0.717, 1.165) is 16.7 Å². The van der Waals surface area contributed by atoms with Crippen LogP contribution < -0.4 is 5.32 Å². The van der Waals surface area contributed by atoms with E-state index < -0.39 is 36.0 Å². The van der Waals surface area contributed by atoms with Gasteiger partial charge in [-0.2, -0.15) is 0 Å². The van der Waals surface area contributed by atoms with Gasteiger partial charge in [0.2, 0.25) is 11.8 Å². The van der Waals surface area contributed by atoms with Crippen LogP contribution in [0.1, 0.15) is 12.0 Å². The summed E-state index contributed by atoms with van der Waals surface area (Å²) in [4.78, 5) is 48.8. The zero-order valence-corrected chi connectivity index (χ0v) is 15.5. The standard InChI is InChI=1S/C21H20N2O6/c24-16-7-5-15(6-8-16)14-3-1-13(2-4-14)12-23-10-9-17(25)19(21(23)29)20(28)22-11-18(26)27/h1-8,19,24H,9-12H2,(H,22,28)(H,26,27). The molecule has 1 unspecified atom stereocenters. The summed E-state index contributed by atoms with van der Waals surface area (Å²) in [5, 5.41) is 20.1. The van der Waals surface area contributed by atoms with Crippen molar-refractivity contribution in [3.63, 3.8) is 0 Å². The fraction of sp³-hybridized carbons (Fsp3) is 0.238. The highest BCUT2D eigenvalue weighted by atomic mass is 16.4. The smallest absolute Gasteiger partial charge is 0.322 e. The molecule has 3 rings (SSSR count). The third-order valence-corrected chi connectivity index (χ3v) is 4.71. The third kappa shape index (κ3) is 4.78. The zero-order valence-electron chi connectivity index (χ0n) is 15.5. The first-order chi connectivity index (χ1) is 13.8. The molecule has 0 saturated carbocycles. The average Bonchev–Trinajstić information content (AvgIpc) is 2.70. The number of aliphatic carboxylic acids is 1. The summed E-state index contributed by atoms with van der Waals surface area (Å²) in [6.45, 7) is -0.195. The molecule has 0 radical (unpaired) electrons. The fourth-order valence-electron chi connectivity index (χ4n) is 3.18. The van der Waals surface area contributed by atoms with Gasteiger partial charge in [0.25, 0.3) is 0 Å². The molecule has 0 aliphatic carbocycles. The van der Waals surface area contributed by atoms with Crippen LogP contribution in [0.3, 0.4) is 0 Å². The van der Waals surface area contributed by atoms with Crippen molar-refractivity contribution in [3.05, 3.63) is 54.1 Å². The first-order valence-corrected chi connectivity index (χ1v) is 9.04. The number of likely N-dealkylation sites (tertiary alicyclic amines) is 1. The highest BCUT2D eigenvalue weighted by molar-refractivity contribution is 6.19. The van der Waals surface area contributed by atoms with E-state index in [1.165, 1.54) is 4.90 Å². The van der Waals surface area contributed by atoms with Gasteiger partial charge in [-0.15, -0.1) is 0 Å². The van der Waals surface area contributed by atoms with Crippen LogP contribution in [0, 0.1) is 5.92 Å². The Balaban J connectivity index is 1.68. The highest BCUT2D eigenvalue weighted by Gasteiger charge is 2.40. The highest BCUT2D eigenvalue weighted by Crippen LogP contribution is 2.23. The molecular formula is C21H20N2O6. The molecule has 0 aromatic heterocycles. The number of nitrogens with one attached hydrogen (secondary N) is 1. The molecule has 8 nitrogen and oxygen atoms in total. The number of carboxylic acids is 1. The Kier molecular flexibility index (Phi) is 5.92. The van der Waals surface area contributed by atoms with E-state index in [1.54, 1.807) is 24.3 Å². The number of rotatable bonds is 6. The summed E-state index contributed by atoms with van der Waals surface area (Å²) in [6, 6.07) is 14.3. The number of hydrogen-bond acceptors (Lipinski definition) is 5. The van der Waals surface area contributed by atoms with Crippen LogP contribution in [0.4, 0.5) is 0 Å². The summed E-state index contributed by atoms with van der Waals surface area (Å²) >= 11 is 0. The summed E-state index contributed by atoms with van der Waals surface area (Å²) < 4.78 is 0. The van der Waals surface area contributed by atoms with Crippen molar-refractivity contribution >= 4 is 23.6 Å². The number of phenols is 1. The van der Waals surface area contributed by atoms with Gasteiger partial charge in [0.15, 0.2) is 11.7 Å². The van der Waals surface area contributed by atoms with Crippen molar-refractivity contribution in [2.24, 2.45) is 5.92 Å². The molecule has 29 heavy (non-hydrogen) atoms. The zero-order chi connectivity index (χ0) is 21.0. The largest absolute Gasteiger partial charge is 0.508 e. The van der Waals surface area contributed by atoms with E-state index in [4.69, 9.17) is 5.11 Å². The molecule has 2 amide bonds. The number of Topliss-reactive ketones (excluding diaryl/α,β-unsaturated/α-hetero) is 1. The van der Waals surface area contributed by atoms with Crippen LogP contribution in [-0.2, 0) is 25.7 Å². The quantitative estimate of drug-likeness (QED) is 0.630. The Morgan fingerprint density at radius 3 is 2.17 bits per heavy atom. The van der Waals surface area contributed by atoms with Gasteiger partial charge >= 0.3 is 5.97 Å². The van der Waals surface area contributed by atoms with E-state index >= 15 is 0 Å². The van der Waals surface area contributed by atoms with Crippen LogP contribution in [-0.4, -0.2) is 51.8 Å². The van der Waals surface area contributed by atoms with Gasteiger partial charge in [-0.25, -0.2) is 0 Å². The third-order valence-electron chi connectivity index (χ3n) is 4.71. The van der Waals surface area contributed by atoms with Gasteiger partial charge in [-0.1, -0.05) is 36.4 Å². The van der Waals surface area contributed by atoms with E-state index in [0.29, 0.717) is 0 Å². The molecule has 0 spiro atoms. The molecule has 1 saturated heterocycles. The number of ketones is 1. The van der Waals surface area contributed by atoms with Gasteiger partial charge in [0, 0.05) is 19.5 Å². The summed E-state index contributed by atoms with van der Waals surface area (Å²) in [7, 11) is 0. The number of piperidine rings is 1. The van der Waals surface area contributed by atoms with Gasteiger partial charge in [-0.3, -0.25) is 19.2 Å². The minimum absolute atomic E-state index is 0.0441. The Labute approximate surface area is 166 Å². The number of hydrogen-bond donors (Lipinski definition) is 3. The Hall–Kier alpha value is -3.68. The van der Waals surface area contributed by atoms with E-state index in [1.807, 2.05) is 24.3 Å². The van der Waals surface area contributed by atoms with Crippen LogP contribution in [0.25, 0.3) is 11.1 Å². The topological polar surface area (TPSA) is 124 Å². The number of benzene rings is 2. The summed E-state index contributed by atoms with van der Waals surface area (Å²) in [5.74, 6) is -4.57. The number of carbonyl (C=O) groups is 4.